The van der Waals surface area contributed by atoms with Gasteiger partial charge in [-0.05, 0) is 26.7 Å². The average Bonchev–Trinajstić information content (AvgIpc) is 2.34. The van der Waals surface area contributed by atoms with Crippen LogP contribution in [0.2, 0.25) is 0 Å². The van der Waals surface area contributed by atoms with Crippen LogP contribution >= 0.6 is 0 Å². The molecule has 2 aliphatic rings. The average molecular weight is 302 g/mol. The van der Waals surface area contributed by atoms with Gasteiger partial charge in [0.25, 0.3) is 0 Å². The molecule has 20 heavy (non-hydrogen) atoms. The second-order valence-electron chi connectivity index (χ2n) is 6.84. The second-order valence-corrected chi connectivity index (χ2v) is 9.33. The molecule has 0 unspecified atom stereocenters. The molecule has 0 aromatic carbocycles. The van der Waals surface area contributed by atoms with E-state index < -0.39 is 10.0 Å². The van der Waals surface area contributed by atoms with E-state index in [0.717, 1.165) is 25.9 Å². The molecule has 0 aromatic heterocycles. The Morgan fingerprint density at radius 1 is 1.05 bits per heavy atom. The van der Waals surface area contributed by atoms with Crippen LogP contribution < -0.4 is 0 Å². The van der Waals surface area contributed by atoms with Crippen molar-refractivity contribution in [3.8, 4) is 0 Å². The van der Waals surface area contributed by atoms with Crippen molar-refractivity contribution in [3.05, 3.63) is 0 Å². The fourth-order valence-electron chi connectivity index (χ4n) is 3.11. The Morgan fingerprint density at radius 2 is 1.55 bits per heavy atom. The molecule has 0 radical (unpaired) electrons. The van der Waals surface area contributed by atoms with E-state index in [0.29, 0.717) is 13.1 Å². The number of sulfonamides is 1. The zero-order valence-corrected chi connectivity index (χ0v) is 13.7. The maximum Gasteiger partial charge on any atom is 0.225 e. The molecule has 2 heterocycles. The van der Waals surface area contributed by atoms with Crippen LogP contribution in [0, 0.1) is 11.3 Å². The van der Waals surface area contributed by atoms with Gasteiger partial charge in [-0.2, -0.15) is 0 Å². The third-order valence-electron chi connectivity index (χ3n) is 4.60. The van der Waals surface area contributed by atoms with Gasteiger partial charge in [0.15, 0.2) is 0 Å². The van der Waals surface area contributed by atoms with E-state index in [-0.39, 0.29) is 22.5 Å². The molecule has 0 aromatic rings. The summed E-state index contributed by atoms with van der Waals surface area (Å²) in [7, 11) is -3.12. The Hall–Kier alpha value is -0.620. The smallest absolute Gasteiger partial charge is 0.225 e. The molecule has 1 spiro atoms. The molecule has 2 fully saturated rings. The summed E-state index contributed by atoms with van der Waals surface area (Å²) in [6.45, 7) is 10.1. The second kappa shape index (κ2) is 5.30. The predicted octanol–water partition coefficient (Wildman–Crippen LogP) is 1.31. The minimum Gasteiger partial charge on any atom is -0.341 e. The van der Waals surface area contributed by atoms with Crippen LogP contribution in [-0.2, 0) is 14.8 Å². The number of hydrogen-bond donors (Lipinski definition) is 0. The van der Waals surface area contributed by atoms with E-state index in [4.69, 9.17) is 0 Å². The van der Waals surface area contributed by atoms with Gasteiger partial charge in [-0.1, -0.05) is 13.8 Å². The highest BCUT2D eigenvalue weighted by Gasteiger charge is 2.48. The summed E-state index contributed by atoms with van der Waals surface area (Å²) in [6.07, 6.45) is 1.75. The van der Waals surface area contributed by atoms with Crippen molar-refractivity contribution >= 4 is 15.9 Å². The third kappa shape index (κ3) is 2.72. The van der Waals surface area contributed by atoms with Gasteiger partial charge in [-0.3, -0.25) is 4.79 Å². The third-order valence-corrected chi connectivity index (χ3v) is 6.87. The number of carbonyl (C=O) groups is 1. The molecular formula is C14H26N2O3S. The van der Waals surface area contributed by atoms with Gasteiger partial charge in [0.05, 0.1) is 5.25 Å². The molecular weight excluding hydrogens is 276 g/mol. The van der Waals surface area contributed by atoms with Crippen molar-refractivity contribution in [2.45, 2.75) is 45.8 Å². The Kier molecular flexibility index (Phi) is 4.17. The van der Waals surface area contributed by atoms with Crippen LogP contribution in [0.5, 0.6) is 0 Å². The lowest BCUT2D eigenvalue weighted by Gasteiger charge is -2.54. The maximum absolute atomic E-state index is 12.1. The highest BCUT2D eigenvalue weighted by molar-refractivity contribution is 7.89. The van der Waals surface area contributed by atoms with E-state index >= 15 is 0 Å². The first kappa shape index (κ1) is 15.8. The summed E-state index contributed by atoms with van der Waals surface area (Å²) < 4.78 is 25.9. The van der Waals surface area contributed by atoms with Crippen molar-refractivity contribution in [2.75, 3.05) is 26.2 Å². The summed E-state index contributed by atoms with van der Waals surface area (Å²) in [5.74, 6) is 0.265. The summed E-state index contributed by atoms with van der Waals surface area (Å²) in [6, 6.07) is 0. The number of nitrogens with zero attached hydrogens (tertiary/aromatic N) is 2. The monoisotopic (exact) mass is 302 g/mol. The van der Waals surface area contributed by atoms with Gasteiger partial charge in [-0.15, -0.1) is 0 Å². The van der Waals surface area contributed by atoms with E-state index in [2.05, 4.69) is 0 Å². The minimum atomic E-state index is -3.12. The fraction of sp³-hybridized carbons (Fsp3) is 0.929. The molecule has 6 heteroatoms. The highest BCUT2D eigenvalue weighted by Crippen LogP contribution is 2.41. The van der Waals surface area contributed by atoms with E-state index in [9.17, 15) is 13.2 Å². The molecule has 5 nitrogen and oxygen atoms in total. The normalized spacial score (nSPS) is 23.4. The summed E-state index contributed by atoms with van der Waals surface area (Å²) in [4.78, 5) is 13.8. The molecule has 2 saturated heterocycles. The van der Waals surface area contributed by atoms with Crippen LogP contribution in [0.1, 0.15) is 40.5 Å². The highest BCUT2D eigenvalue weighted by atomic mass is 32.2. The van der Waals surface area contributed by atoms with Gasteiger partial charge in [0.1, 0.15) is 0 Å². The van der Waals surface area contributed by atoms with Crippen molar-refractivity contribution in [3.63, 3.8) is 0 Å². The molecule has 116 valence electrons. The number of likely N-dealkylation sites (tertiary alicyclic amines) is 1. The lowest BCUT2D eigenvalue weighted by molar-refractivity contribution is -0.149. The van der Waals surface area contributed by atoms with E-state index in [1.807, 2.05) is 18.7 Å². The predicted molar refractivity (Wildman–Crippen MR) is 78.7 cm³/mol. The van der Waals surface area contributed by atoms with Crippen LogP contribution in [0.3, 0.4) is 0 Å². The Bertz CT molecular complexity index is 469. The van der Waals surface area contributed by atoms with Crippen molar-refractivity contribution in [2.24, 2.45) is 11.3 Å². The Balaban J connectivity index is 1.90. The van der Waals surface area contributed by atoms with Gasteiger partial charge >= 0.3 is 0 Å². The SMILES string of the molecule is CC(C)C(=O)N1CC2(CCN(S(=O)(=O)C(C)C)CC2)C1. The molecule has 1 amide bonds. The van der Waals surface area contributed by atoms with Crippen molar-refractivity contribution in [1.29, 1.82) is 0 Å². The lowest BCUT2D eigenvalue weighted by atomic mass is 9.72. The molecule has 0 saturated carbocycles. The number of hydrogen-bond acceptors (Lipinski definition) is 3. The molecule has 0 bridgehead atoms. The van der Waals surface area contributed by atoms with Crippen molar-refractivity contribution < 1.29 is 13.2 Å². The summed E-state index contributed by atoms with van der Waals surface area (Å²) in [5, 5.41) is -0.350. The minimum absolute atomic E-state index is 0.0498. The molecule has 2 rings (SSSR count). The quantitative estimate of drug-likeness (QED) is 0.790. The van der Waals surface area contributed by atoms with Crippen molar-refractivity contribution in [1.82, 2.24) is 9.21 Å². The molecule has 2 aliphatic heterocycles. The first-order valence-corrected chi connectivity index (χ1v) is 8.96. The van der Waals surface area contributed by atoms with Crippen LogP contribution in [-0.4, -0.2) is 55.0 Å². The first-order valence-electron chi connectivity index (χ1n) is 7.46. The first-order chi connectivity index (χ1) is 9.18. The number of piperidine rings is 1. The Morgan fingerprint density at radius 3 is 1.95 bits per heavy atom. The fourth-order valence-corrected chi connectivity index (χ4v) is 4.40. The van der Waals surface area contributed by atoms with Gasteiger partial charge < -0.3 is 4.90 Å². The lowest BCUT2D eigenvalue weighted by Crippen LogP contribution is -2.63. The topological polar surface area (TPSA) is 57.7 Å². The maximum atomic E-state index is 12.1. The van der Waals surface area contributed by atoms with Gasteiger partial charge in [0, 0.05) is 37.5 Å². The van der Waals surface area contributed by atoms with Crippen LogP contribution in [0.15, 0.2) is 0 Å². The summed E-state index contributed by atoms with van der Waals surface area (Å²) in [5.41, 5.74) is 0.174. The zero-order chi connectivity index (χ0) is 15.1. The summed E-state index contributed by atoms with van der Waals surface area (Å²) >= 11 is 0. The zero-order valence-electron chi connectivity index (χ0n) is 12.9. The standard InChI is InChI=1S/C14H26N2O3S/c1-11(2)13(17)15-9-14(10-15)5-7-16(8-6-14)20(18,19)12(3)4/h11-12H,5-10H2,1-4H3. The van der Waals surface area contributed by atoms with Crippen LogP contribution in [0.25, 0.3) is 0 Å². The Labute approximate surface area is 122 Å². The van der Waals surface area contributed by atoms with Gasteiger partial charge in [-0.25, -0.2) is 12.7 Å². The van der Waals surface area contributed by atoms with Gasteiger partial charge in [0.2, 0.25) is 15.9 Å². The number of carbonyl (C=O) groups excluding carboxylic acids is 1. The number of rotatable bonds is 3. The molecule has 0 N–H and O–H groups in total. The molecule has 0 aliphatic carbocycles. The number of amides is 1. The van der Waals surface area contributed by atoms with E-state index in [1.165, 1.54) is 0 Å². The molecule has 0 atom stereocenters. The van der Waals surface area contributed by atoms with E-state index in [1.54, 1.807) is 18.2 Å². The largest absolute Gasteiger partial charge is 0.341 e. The van der Waals surface area contributed by atoms with Crippen LogP contribution in [0.4, 0.5) is 0 Å².